The summed E-state index contributed by atoms with van der Waals surface area (Å²) in [7, 11) is 0. The molecule has 9 nitrogen and oxygen atoms in total. The van der Waals surface area contributed by atoms with Gasteiger partial charge >= 0.3 is 5.97 Å². The summed E-state index contributed by atoms with van der Waals surface area (Å²) in [5, 5.41) is 13.7. The molecule has 1 N–H and O–H groups in total. The first-order valence-corrected chi connectivity index (χ1v) is 12.4. The molecule has 4 aromatic rings. The van der Waals surface area contributed by atoms with Crippen molar-refractivity contribution in [3.8, 4) is 0 Å². The molecule has 0 radical (unpaired) electrons. The molecule has 172 valence electrons. The third kappa shape index (κ3) is 4.79. The number of benzene rings is 1. The molecule has 0 saturated heterocycles. The second-order valence-corrected chi connectivity index (χ2v) is 9.06. The number of hydrogen-bond donors (Lipinski definition) is 1. The van der Waals surface area contributed by atoms with E-state index in [9.17, 15) is 14.4 Å². The Morgan fingerprint density at radius 1 is 1.15 bits per heavy atom. The van der Waals surface area contributed by atoms with E-state index in [2.05, 4.69) is 22.4 Å². The fourth-order valence-corrected chi connectivity index (χ4v) is 4.91. The zero-order chi connectivity index (χ0) is 23.4. The standard InChI is InChI=1S/C22H23N5O4S2/c1-3-5-11-26-19(29)18-16(10-12-32-18)27-21(26)24-25-22(27)33-13-17(28)23-15-8-6-14(7-9-15)20(30)31-4-2/h6-10,12H,3-5,11,13H2,1-2H3,(H,23,28). The number of unbranched alkanes of at least 4 members (excludes halogenated alkanes) is 1. The van der Waals surface area contributed by atoms with Crippen LogP contribution in [0.25, 0.3) is 16.0 Å². The molecule has 33 heavy (non-hydrogen) atoms. The van der Waals surface area contributed by atoms with Crippen molar-refractivity contribution in [1.29, 1.82) is 0 Å². The van der Waals surface area contributed by atoms with Crippen LogP contribution >= 0.6 is 23.1 Å². The molecule has 0 aliphatic heterocycles. The fraction of sp³-hybridized carbons (Fsp3) is 0.318. The summed E-state index contributed by atoms with van der Waals surface area (Å²) < 4.78 is 9.10. The number of ether oxygens (including phenoxy) is 1. The Labute approximate surface area is 197 Å². The number of thioether (sulfide) groups is 1. The molecule has 11 heteroatoms. The summed E-state index contributed by atoms with van der Waals surface area (Å²) in [6.45, 7) is 4.69. The predicted molar refractivity (Wildman–Crippen MR) is 129 cm³/mol. The van der Waals surface area contributed by atoms with Gasteiger partial charge in [-0.25, -0.2) is 4.79 Å². The average Bonchev–Trinajstić information content (AvgIpc) is 3.45. The molecular formula is C22H23N5O4S2. The van der Waals surface area contributed by atoms with Crippen LogP contribution in [0.2, 0.25) is 0 Å². The first kappa shape index (κ1) is 23.0. The Bertz CT molecular complexity index is 1360. The Balaban J connectivity index is 1.50. The number of nitrogens with zero attached hydrogens (tertiary/aromatic N) is 4. The molecule has 0 aliphatic carbocycles. The smallest absolute Gasteiger partial charge is 0.338 e. The van der Waals surface area contributed by atoms with Gasteiger partial charge in [-0.15, -0.1) is 21.5 Å². The minimum absolute atomic E-state index is 0.0612. The number of esters is 1. The highest BCUT2D eigenvalue weighted by Gasteiger charge is 2.18. The Morgan fingerprint density at radius 2 is 1.94 bits per heavy atom. The van der Waals surface area contributed by atoms with Gasteiger partial charge in [0.25, 0.3) is 5.56 Å². The van der Waals surface area contributed by atoms with E-state index in [0.29, 0.717) is 40.0 Å². The number of rotatable bonds is 9. The zero-order valence-corrected chi connectivity index (χ0v) is 19.9. The van der Waals surface area contributed by atoms with E-state index < -0.39 is 5.97 Å². The molecular weight excluding hydrogens is 462 g/mol. The number of aromatic nitrogens is 4. The highest BCUT2D eigenvalue weighted by molar-refractivity contribution is 7.99. The quantitative estimate of drug-likeness (QED) is 0.284. The van der Waals surface area contributed by atoms with Gasteiger partial charge in [-0.3, -0.25) is 18.6 Å². The van der Waals surface area contributed by atoms with Crippen LogP contribution in [0.5, 0.6) is 0 Å². The largest absolute Gasteiger partial charge is 0.462 e. The third-order valence-corrected chi connectivity index (χ3v) is 6.75. The van der Waals surface area contributed by atoms with E-state index >= 15 is 0 Å². The highest BCUT2D eigenvalue weighted by Crippen LogP contribution is 2.24. The Morgan fingerprint density at radius 3 is 2.67 bits per heavy atom. The summed E-state index contributed by atoms with van der Waals surface area (Å²) in [6, 6.07) is 8.40. The lowest BCUT2D eigenvalue weighted by molar-refractivity contribution is -0.113. The van der Waals surface area contributed by atoms with E-state index in [1.54, 1.807) is 35.8 Å². The van der Waals surface area contributed by atoms with Crippen molar-refractivity contribution in [2.24, 2.45) is 0 Å². The maximum atomic E-state index is 12.9. The average molecular weight is 486 g/mol. The van der Waals surface area contributed by atoms with E-state index in [1.807, 2.05) is 15.8 Å². The number of nitrogens with one attached hydrogen (secondary N) is 1. The predicted octanol–water partition coefficient (Wildman–Crippen LogP) is 3.81. The third-order valence-electron chi connectivity index (χ3n) is 4.93. The molecule has 0 spiro atoms. The maximum absolute atomic E-state index is 12.9. The van der Waals surface area contributed by atoms with Gasteiger partial charge in [0.2, 0.25) is 11.7 Å². The zero-order valence-electron chi connectivity index (χ0n) is 18.2. The number of amides is 1. The minimum atomic E-state index is -0.401. The monoisotopic (exact) mass is 485 g/mol. The molecule has 0 saturated carbocycles. The lowest BCUT2D eigenvalue weighted by atomic mass is 10.2. The molecule has 0 bridgehead atoms. The van der Waals surface area contributed by atoms with Gasteiger partial charge in [0.15, 0.2) is 5.16 Å². The lowest BCUT2D eigenvalue weighted by Gasteiger charge is -2.09. The van der Waals surface area contributed by atoms with Crippen LogP contribution in [0.15, 0.2) is 45.7 Å². The van der Waals surface area contributed by atoms with E-state index in [-0.39, 0.29) is 17.2 Å². The molecule has 0 atom stereocenters. The van der Waals surface area contributed by atoms with E-state index in [4.69, 9.17) is 4.74 Å². The normalized spacial score (nSPS) is 11.2. The van der Waals surface area contributed by atoms with Crippen molar-refractivity contribution in [2.75, 3.05) is 17.7 Å². The van der Waals surface area contributed by atoms with Crippen LogP contribution in [0, 0.1) is 0 Å². The summed E-state index contributed by atoms with van der Waals surface area (Å²) in [5.74, 6) is -0.0276. The number of carbonyl (C=O) groups is 2. The number of carbonyl (C=O) groups excluding carboxylic acids is 2. The van der Waals surface area contributed by atoms with Crippen molar-refractivity contribution >= 4 is 56.7 Å². The Kier molecular flexibility index (Phi) is 7.09. The summed E-state index contributed by atoms with van der Waals surface area (Å²) in [4.78, 5) is 37.1. The first-order chi connectivity index (χ1) is 16.0. The molecule has 0 unspecified atom stereocenters. The van der Waals surface area contributed by atoms with Crippen LogP contribution in [0.3, 0.4) is 0 Å². The van der Waals surface area contributed by atoms with E-state index in [0.717, 1.165) is 18.4 Å². The van der Waals surface area contributed by atoms with Gasteiger partial charge in [-0.1, -0.05) is 25.1 Å². The van der Waals surface area contributed by atoms with Gasteiger partial charge in [0.1, 0.15) is 4.70 Å². The molecule has 0 fully saturated rings. The van der Waals surface area contributed by atoms with E-state index in [1.165, 1.54) is 23.1 Å². The van der Waals surface area contributed by atoms with Gasteiger partial charge < -0.3 is 10.1 Å². The first-order valence-electron chi connectivity index (χ1n) is 10.6. The second kappa shape index (κ2) is 10.2. The van der Waals surface area contributed by atoms with Gasteiger partial charge in [-0.2, -0.15) is 0 Å². The van der Waals surface area contributed by atoms with Crippen LogP contribution < -0.4 is 10.9 Å². The number of fused-ring (bicyclic) bond motifs is 3. The Hall–Kier alpha value is -3.18. The minimum Gasteiger partial charge on any atom is -0.462 e. The maximum Gasteiger partial charge on any atom is 0.338 e. The summed E-state index contributed by atoms with van der Waals surface area (Å²) in [6.07, 6.45) is 1.82. The highest BCUT2D eigenvalue weighted by atomic mass is 32.2. The topological polar surface area (TPSA) is 108 Å². The molecule has 3 heterocycles. The molecule has 1 aromatic carbocycles. The second-order valence-electron chi connectivity index (χ2n) is 7.20. The van der Waals surface area contributed by atoms with Crippen LogP contribution in [-0.2, 0) is 16.1 Å². The molecule has 4 rings (SSSR count). The molecule has 3 aromatic heterocycles. The van der Waals surface area contributed by atoms with Crippen molar-refractivity contribution in [3.05, 3.63) is 51.6 Å². The van der Waals surface area contributed by atoms with Crippen molar-refractivity contribution in [3.63, 3.8) is 0 Å². The van der Waals surface area contributed by atoms with Crippen molar-refractivity contribution < 1.29 is 14.3 Å². The fourth-order valence-electron chi connectivity index (χ4n) is 3.34. The number of hydrogen-bond acceptors (Lipinski definition) is 8. The van der Waals surface area contributed by atoms with Gasteiger partial charge in [0.05, 0.1) is 23.4 Å². The van der Waals surface area contributed by atoms with Crippen LogP contribution in [0.4, 0.5) is 5.69 Å². The van der Waals surface area contributed by atoms with Crippen molar-refractivity contribution in [1.82, 2.24) is 19.2 Å². The number of aryl methyl sites for hydroxylation is 1. The molecule has 0 aliphatic rings. The number of thiophene rings is 1. The van der Waals surface area contributed by atoms with Crippen molar-refractivity contribution in [2.45, 2.75) is 38.4 Å². The van der Waals surface area contributed by atoms with Gasteiger partial charge in [0, 0.05) is 12.2 Å². The summed E-state index contributed by atoms with van der Waals surface area (Å²) >= 11 is 2.64. The SMILES string of the molecule is CCCCn1c(=O)c2sccc2n2c(SCC(=O)Nc3ccc(C(=O)OCC)cc3)nnc12. The number of anilines is 1. The molecule has 1 amide bonds. The van der Waals surface area contributed by atoms with Crippen LogP contribution in [0.1, 0.15) is 37.0 Å². The van der Waals surface area contributed by atoms with Crippen LogP contribution in [-0.4, -0.2) is 43.4 Å². The lowest BCUT2D eigenvalue weighted by Crippen LogP contribution is -2.22. The van der Waals surface area contributed by atoms with Gasteiger partial charge in [-0.05, 0) is 49.1 Å². The summed E-state index contributed by atoms with van der Waals surface area (Å²) in [5.41, 5.74) is 1.69.